The van der Waals surface area contributed by atoms with Crippen LogP contribution in [0, 0.1) is 53.3 Å². The number of ether oxygens (including phenoxy) is 2. The zero-order valence-electron chi connectivity index (χ0n) is 22.4. The first-order valence-corrected chi connectivity index (χ1v) is 14.3. The van der Waals surface area contributed by atoms with Gasteiger partial charge in [0.15, 0.2) is 0 Å². The molecule has 4 aliphatic rings. The maximum atomic E-state index is 13.5. The Morgan fingerprint density at radius 1 is 0.765 bits per heavy atom. The van der Waals surface area contributed by atoms with Crippen molar-refractivity contribution < 1.29 is 19.1 Å². The molecule has 9 atom stereocenters. The van der Waals surface area contributed by atoms with Crippen molar-refractivity contribution in [3.8, 4) is 0 Å². The van der Waals surface area contributed by atoms with Gasteiger partial charge in [0.25, 0.3) is 0 Å². The second kappa shape index (κ2) is 10.7. The summed E-state index contributed by atoms with van der Waals surface area (Å²) in [7, 11) is 0. The average molecular weight is 473 g/mol. The molecule has 0 heterocycles. The first kappa shape index (κ1) is 25.8. The van der Waals surface area contributed by atoms with E-state index in [1.165, 1.54) is 12.8 Å². The van der Waals surface area contributed by atoms with Crippen molar-refractivity contribution in [1.82, 2.24) is 0 Å². The minimum absolute atomic E-state index is 0.00683. The fraction of sp³-hybridized carbons (Fsp3) is 0.867. The molecule has 2 bridgehead atoms. The number of fused-ring (bicyclic) bond motifs is 2. The second-order valence-corrected chi connectivity index (χ2v) is 13.0. The Balaban J connectivity index is 1.46. The Morgan fingerprint density at radius 2 is 1.32 bits per heavy atom. The van der Waals surface area contributed by atoms with E-state index in [0.717, 1.165) is 50.5 Å². The van der Waals surface area contributed by atoms with Gasteiger partial charge in [-0.25, -0.2) is 4.79 Å². The number of rotatable bonds is 6. The smallest absolute Gasteiger partial charge is 0.331 e. The van der Waals surface area contributed by atoms with Crippen molar-refractivity contribution in [1.29, 1.82) is 0 Å². The highest BCUT2D eigenvalue weighted by molar-refractivity contribution is 5.86. The highest BCUT2D eigenvalue weighted by atomic mass is 16.5. The van der Waals surface area contributed by atoms with Crippen molar-refractivity contribution in [2.45, 2.75) is 112 Å². The molecule has 0 saturated heterocycles. The molecule has 0 aliphatic heterocycles. The fourth-order valence-corrected chi connectivity index (χ4v) is 7.73. The maximum Gasteiger partial charge on any atom is 0.331 e. The molecular weight excluding hydrogens is 424 g/mol. The molecule has 4 fully saturated rings. The standard InChI is InChI=1S/C30H48O4/c1-17(2)23-11-7-19(5)13-26(23)33-28(31)16-25-21-9-10-22(15-21)29(25)30(32)34-27-14-20(6)8-12-24(27)18(3)4/h16-24,26-27,29H,7-15H2,1-6H3/b25-16-/t19-,20-,21+,22-,23+,24+,26-,27-,29-/m1/s1. The second-order valence-electron chi connectivity index (χ2n) is 13.0. The van der Waals surface area contributed by atoms with E-state index in [9.17, 15) is 9.59 Å². The predicted octanol–water partition coefficient (Wildman–Crippen LogP) is 6.97. The van der Waals surface area contributed by atoms with Crippen LogP contribution in [0.25, 0.3) is 0 Å². The van der Waals surface area contributed by atoms with E-state index >= 15 is 0 Å². The molecule has 4 saturated carbocycles. The Morgan fingerprint density at radius 3 is 1.88 bits per heavy atom. The summed E-state index contributed by atoms with van der Waals surface area (Å²) in [5.74, 6) is 3.19. The Kier molecular flexibility index (Phi) is 8.14. The molecule has 0 aromatic heterocycles. The lowest BCUT2D eigenvalue weighted by molar-refractivity contribution is -0.161. The lowest BCUT2D eigenvalue weighted by Crippen LogP contribution is -2.38. The number of hydrogen-bond donors (Lipinski definition) is 0. The molecule has 0 radical (unpaired) electrons. The highest BCUT2D eigenvalue weighted by Crippen LogP contribution is 2.53. The number of esters is 2. The van der Waals surface area contributed by atoms with E-state index in [2.05, 4.69) is 41.5 Å². The van der Waals surface area contributed by atoms with E-state index in [1.807, 2.05) is 0 Å². The lowest BCUT2D eigenvalue weighted by atomic mass is 9.75. The van der Waals surface area contributed by atoms with Crippen LogP contribution < -0.4 is 0 Å². The average Bonchev–Trinajstić information content (AvgIpc) is 3.35. The summed E-state index contributed by atoms with van der Waals surface area (Å²) in [5, 5.41) is 0. The van der Waals surface area contributed by atoms with Gasteiger partial charge in [-0.2, -0.15) is 0 Å². The van der Waals surface area contributed by atoms with Crippen molar-refractivity contribution >= 4 is 11.9 Å². The van der Waals surface area contributed by atoms with Crippen molar-refractivity contribution in [3.05, 3.63) is 11.6 Å². The van der Waals surface area contributed by atoms with Gasteiger partial charge in [0.05, 0.1) is 5.92 Å². The summed E-state index contributed by atoms with van der Waals surface area (Å²) in [6.07, 6.45) is 11.5. The first-order chi connectivity index (χ1) is 16.1. The Bertz CT molecular complexity index is 768. The van der Waals surface area contributed by atoms with Crippen LogP contribution in [0.15, 0.2) is 11.6 Å². The molecule has 0 amide bonds. The summed E-state index contributed by atoms with van der Waals surface area (Å²) in [6, 6.07) is 0. The largest absolute Gasteiger partial charge is 0.462 e. The summed E-state index contributed by atoms with van der Waals surface area (Å²) < 4.78 is 12.3. The van der Waals surface area contributed by atoms with Crippen LogP contribution in [0.2, 0.25) is 0 Å². The number of carbonyl (C=O) groups is 2. The van der Waals surface area contributed by atoms with Crippen LogP contribution in [0.4, 0.5) is 0 Å². The molecule has 34 heavy (non-hydrogen) atoms. The molecule has 4 heteroatoms. The minimum atomic E-state index is -0.248. The molecule has 0 N–H and O–H groups in total. The van der Waals surface area contributed by atoms with Gasteiger partial charge < -0.3 is 9.47 Å². The minimum Gasteiger partial charge on any atom is -0.462 e. The van der Waals surface area contributed by atoms with E-state index in [1.54, 1.807) is 6.08 Å². The third-order valence-corrected chi connectivity index (χ3v) is 9.77. The summed E-state index contributed by atoms with van der Waals surface area (Å²) >= 11 is 0. The van der Waals surface area contributed by atoms with E-state index in [-0.39, 0.29) is 30.1 Å². The van der Waals surface area contributed by atoms with Crippen LogP contribution in [-0.2, 0) is 19.1 Å². The Hall–Kier alpha value is -1.32. The molecular formula is C30H48O4. The van der Waals surface area contributed by atoms with E-state index in [0.29, 0.717) is 47.3 Å². The molecule has 192 valence electrons. The van der Waals surface area contributed by atoms with Gasteiger partial charge in [-0.1, -0.05) is 54.4 Å². The van der Waals surface area contributed by atoms with Crippen molar-refractivity contribution in [2.24, 2.45) is 53.3 Å². The number of hydrogen-bond acceptors (Lipinski definition) is 4. The fourth-order valence-electron chi connectivity index (χ4n) is 7.73. The molecule has 4 rings (SSSR count). The normalized spacial score (nSPS) is 41.3. The van der Waals surface area contributed by atoms with Gasteiger partial charge in [-0.15, -0.1) is 0 Å². The van der Waals surface area contributed by atoms with Crippen LogP contribution >= 0.6 is 0 Å². The van der Waals surface area contributed by atoms with Gasteiger partial charge in [0.1, 0.15) is 12.2 Å². The van der Waals surface area contributed by atoms with Gasteiger partial charge in [0, 0.05) is 6.08 Å². The number of carbonyl (C=O) groups excluding carboxylic acids is 2. The summed E-state index contributed by atoms with van der Waals surface area (Å²) in [6.45, 7) is 13.5. The first-order valence-electron chi connectivity index (χ1n) is 14.3. The zero-order valence-corrected chi connectivity index (χ0v) is 22.4. The van der Waals surface area contributed by atoms with Crippen LogP contribution in [-0.4, -0.2) is 24.1 Å². The molecule has 0 aromatic carbocycles. The van der Waals surface area contributed by atoms with E-state index < -0.39 is 0 Å². The van der Waals surface area contributed by atoms with Crippen LogP contribution in [0.1, 0.15) is 99.3 Å². The van der Waals surface area contributed by atoms with Crippen LogP contribution in [0.5, 0.6) is 0 Å². The molecule has 0 spiro atoms. The monoisotopic (exact) mass is 472 g/mol. The van der Waals surface area contributed by atoms with Crippen molar-refractivity contribution in [3.63, 3.8) is 0 Å². The maximum absolute atomic E-state index is 13.5. The third-order valence-electron chi connectivity index (χ3n) is 9.77. The van der Waals surface area contributed by atoms with E-state index in [4.69, 9.17) is 9.47 Å². The van der Waals surface area contributed by atoms with Gasteiger partial charge in [0.2, 0.25) is 0 Å². The van der Waals surface area contributed by atoms with Crippen LogP contribution in [0.3, 0.4) is 0 Å². The SMILES string of the molecule is CC(C)[C@@H]1CC[C@@H](C)C[C@H]1OC(=O)/C=C1/[C@H]2CC[C@H](C2)[C@H]1C(=O)O[C@@H]1C[C@H](C)CC[C@H]1C(C)C. The van der Waals surface area contributed by atoms with Crippen molar-refractivity contribution in [2.75, 3.05) is 0 Å². The molecule has 0 aromatic rings. The molecule has 4 aliphatic carbocycles. The molecule has 4 nitrogen and oxygen atoms in total. The van der Waals surface area contributed by atoms with Gasteiger partial charge in [-0.3, -0.25) is 4.79 Å². The highest BCUT2D eigenvalue weighted by Gasteiger charge is 2.49. The van der Waals surface area contributed by atoms with Gasteiger partial charge >= 0.3 is 11.9 Å². The molecule has 0 unspecified atom stereocenters. The quantitative estimate of drug-likeness (QED) is 0.309. The zero-order chi connectivity index (χ0) is 24.6. The Labute approximate surface area is 207 Å². The lowest BCUT2D eigenvalue weighted by Gasteiger charge is -2.38. The summed E-state index contributed by atoms with van der Waals surface area (Å²) in [5.41, 5.74) is 1.00. The third kappa shape index (κ3) is 5.57. The summed E-state index contributed by atoms with van der Waals surface area (Å²) in [4.78, 5) is 26.6. The topological polar surface area (TPSA) is 52.6 Å². The van der Waals surface area contributed by atoms with Gasteiger partial charge in [-0.05, 0) is 97.9 Å². The predicted molar refractivity (Wildman–Crippen MR) is 135 cm³/mol.